The largest absolute Gasteiger partial charge is 0.616 e. The third kappa shape index (κ3) is 3.88. The molecule has 0 heterocycles. The van der Waals surface area contributed by atoms with E-state index in [2.05, 4.69) is 0 Å². The number of carbonyl (C=O) groups is 1. The van der Waals surface area contributed by atoms with Gasteiger partial charge in [0.2, 0.25) is 0 Å². The van der Waals surface area contributed by atoms with Crippen LogP contribution in [0.2, 0.25) is 5.02 Å². The van der Waals surface area contributed by atoms with Crippen LogP contribution in [0.1, 0.15) is 40.1 Å². The van der Waals surface area contributed by atoms with Gasteiger partial charge in [-0.3, -0.25) is 4.79 Å². The number of carbonyl (C=O) groups excluding carboxylic acids is 1. The summed E-state index contributed by atoms with van der Waals surface area (Å²) in [6.45, 7) is 2.01. The Kier molecular flexibility index (Phi) is 5.45. The van der Waals surface area contributed by atoms with Crippen molar-refractivity contribution in [3.8, 4) is 0 Å². The van der Waals surface area contributed by atoms with Crippen molar-refractivity contribution in [3.63, 3.8) is 0 Å². The molecule has 0 bridgehead atoms. The summed E-state index contributed by atoms with van der Waals surface area (Å²) in [5.74, 6) is -0.0381. The molecular formula is C17H17ClO2S. The third-order valence-electron chi connectivity index (χ3n) is 3.42. The summed E-state index contributed by atoms with van der Waals surface area (Å²) in [5.41, 5.74) is 2.24. The molecule has 0 aliphatic carbocycles. The normalized spacial score (nSPS) is 13.7. The van der Waals surface area contributed by atoms with Gasteiger partial charge in [0, 0.05) is 21.7 Å². The molecule has 0 saturated heterocycles. The maximum absolute atomic E-state index is 12.3. The van der Waals surface area contributed by atoms with Gasteiger partial charge in [-0.25, -0.2) is 0 Å². The molecule has 2 rings (SSSR count). The van der Waals surface area contributed by atoms with Crippen molar-refractivity contribution in [2.45, 2.75) is 18.6 Å². The van der Waals surface area contributed by atoms with E-state index in [9.17, 15) is 9.35 Å². The Hall–Kier alpha value is -1.29. The molecule has 0 saturated carbocycles. The van der Waals surface area contributed by atoms with Crippen molar-refractivity contribution in [1.29, 1.82) is 0 Å². The van der Waals surface area contributed by atoms with Crippen LogP contribution in [-0.2, 0) is 11.2 Å². The summed E-state index contributed by atoms with van der Waals surface area (Å²) in [5, 5.41) is 0.628. The van der Waals surface area contributed by atoms with Crippen LogP contribution >= 0.6 is 11.6 Å². The smallest absolute Gasteiger partial charge is 0.193 e. The van der Waals surface area contributed by atoms with Gasteiger partial charge in [0.05, 0.1) is 6.26 Å². The maximum atomic E-state index is 12.3. The van der Waals surface area contributed by atoms with E-state index < -0.39 is 11.2 Å². The molecule has 2 unspecified atom stereocenters. The maximum Gasteiger partial charge on any atom is 0.193 e. The van der Waals surface area contributed by atoms with Gasteiger partial charge < -0.3 is 4.55 Å². The predicted molar refractivity (Wildman–Crippen MR) is 88.4 cm³/mol. The zero-order valence-electron chi connectivity index (χ0n) is 12.0. The summed E-state index contributed by atoms with van der Waals surface area (Å²) in [7, 11) is 0. The van der Waals surface area contributed by atoms with E-state index in [1.54, 1.807) is 42.7 Å². The van der Waals surface area contributed by atoms with Crippen LogP contribution in [0.4, 0.5) is 0 Å². The first-order valence-electron chi connectivity index (χ1n) is 6.75. The van der Waals surface area contributed by atoms with Crippen molar-refractivity contribution in [2.24, 2.45) is 0 Å². The van der Waals surface area contributed by atoms with Gasteiger partial charge in [0.15, 0.2) is 5.78 Å². The van der Waals surface area contributed by atoms with E-state index in [1.807, 2.05) is 19.1 Å². The van der Waals surface area contributed by atoms with E-state index in [-0.39, 0.29) is 11.0 Å². The molecule has 0 spiro atoms. The second kappa shape index (κ2) is 7.12. The van der Waals surface area contributed by atoms with Crippen molar-refractivity contribution in [1.82, 2.24) is 0 Å². The van der Waals surface area contributed by atoms with E-state index in [0.717, 1.165) is 12.0 Å². The zero-order chi connectivity index (χ0) is 15.4. The molecule has 0 aromatic heterocycles. The van der Waals surface area contributed by atoms with Gasteiger partial charge >= 0.3 is 0 Å². The minimum Gasteiger partial charge on any atom is -0.616 e. The van der Waals surface area contributed by atoms with Crippen molar-refractivity contribution < 1.29 is 9.35 Å². The average Bonchev–Trinajstić information content (AvgIpc) is 2.48. The molecule has 21 heavy (non-hydrogen) atoms. The summed E-state index contributed by atoms with van der Waals surface area (Å²) in [6, 6.07) is 14.2. The Morgan fingerprint density at radius 1 is 1.10 bits per heavy atom. The van der Waals surface area contributed by atoms with Crippen molar-refractivity contribution >= 4 is 28.6 Å². The number of ketones is 1. The van der Waals surface area contributed by atoms with Crippen LogP contribution in [0.15, 0.2) is 48.5 Å². The molecule has 0 aliphatic heterocycles. The molecular weight excluding hydrogens is 304 g/mol. The molecule has 0 fully saturated rings. The number of hydrogen-bond acceptors (Lipinski definition) is 2. The van der Waals surface area contributed by atoms with Crippen LogP contribution in [-0.4, -0.2) is 16.6 Å². The van der Waals surface area contributed by atoms with Gasteiger partial charge in [-0.1, -0.05) is 42.8 Å². The average molecular weight is 321 g/mol. The first-order chi connectivity index (χ1) is 10.0. The fraction of sp³-hybridized carbons (Fsp3) is 0.235. The predicted octanol–water partition coefficient (Wildman–Crippen LogP) is 4.40. The molecule has 2 aromatic rings. The molecule has 0 aliphatic rings. The molecule has 0 radical (unpaired) electrons. The van der Waals surface area contributed by atoms with Crippen molar-refractivity contribution in [2.75, 3.05) is 6.26 Å². The van der Waals surface area contributed by atoms with E-state index in [4.69, 9.17) is 11.6 Å². The molecule has 2 aromatic carbocycles. The highest BCUT2D eigenvalue weighted by Gasteiger charge is 2.19. The highest BCUT2D eigenvalue weighted by molar-refractivity contribution is 7.90. The van der Waals surface area contributed by atoms with Gasteiger partial charge in [0.1, 0.15) is 5.25 Å². The summed E-state index contributed by atoms with van der Waals surface area (Å²) in [6.07, 6.45) is 2.52. The van der Waals surface area contributed by atoms with Crippen molar-refractivity contribution in [3.05, 3.63) is 70.2 Å². The second-order valence-electron chi connectivity index (χ2n) is 4.85. The van der Waals surface area contributed by atoms with Crippen LogP contribution < -0.4 is 0 Å². The SMILES string of the molecule is CCC(c1ccc(C(=O)c2ccc(Cl)cc2)cc1)[S+](C)[O-]. The molecule has 0 N–H and O–H groups in total. The molecule has 110 valence electrons. The number of benzene rings is 2. The number of hydrogen-bond donors (Lipinski definition) is 0. The van der Waals surface area contributed by atoms with E-state index in [1.165, 1.54) is 0 Å². The highest BCUT2D eigenvalue weighted by atomic mass is 35.5. The Labute approximate surface area is 133 Å². The Morgan fingerprint density at radius 3 is 2.00 bits per heavy atom. The quantitative estimate of drug-likeness (QED) is 0.605. The number of halogens is 1. The van der Waals surface area contributed by atoms with Gasteiger partial charge in [-0.15, -0.1) is 0 Å². The highest BCUT2D eigenvalue weighted by Crippen LogP contribution is 2.25. The van der Waals surface area contributed by atoms with Gasteiger partial charge in [-0.2, -0.15) is 0 Å². The Morgan fingerprint density at radius 2 is 1.57 bits per heavy atom. The lowest BCUT2D eigenvalue weighted by atomic mass is 10.0. The minimum absolute atomic E-state index is 0.0182. The topological polar surface area (TPSA) is 40.1 Å². The first kappa shape index (κ1) is 16.1. The van der Waals surface area contributed by atoms with E-state index >= 15 is 0 Å². The van der Waals surface area contributed by atoms with Crippen LogP contribution in [0.3, 0.4) is 0 Å². The summed E-state index contributed by atoms with van der Waals surface area (Å²) < 4.78 is 11.7. The third-order valence-corrected chi connectivity index (χ3v) is 5.08. The zero-order valence-corrected chi connectivity index (χ0v) is 13.6. The monoisotopic (exact) mass is 320 g/mol. The lowest BCUT2D eigenvalue weighted by Gasteiger charge is -2.17. The summed E-state index contributed by atoms with van der Waals surface area (Å²) in [4.78, 5) is 12.3. The second-order valence-corrected chi connectivity index (χ2v) is 6.86. The lowest BCUT2D eigenvalue weighted by Crippen LogP contribution is -2.11. The first-order valence-corrected chi connectivity index (χ1v) is 8.75. The standard InChI is InChI=1S/C17H17ClO2S/c1-3-16(21(2)20)12-4-6-13(7-5-12)17(19)14-8-10-15(18)11-9-14/h4-11,16H,3H2,1-2H3. The Balaban J connectivity index is 2.22. The molecule has 2 nitrogen and oxygen atoms in total. The van der Waals surface area contributed by atoms with Crippen LogP contribution in [0.25, 0.3) is 0 Å². The summed E-state index contributed by atoms with van der Waals surface area (Å²) >= 11 is 4.91. The van der Waals surface area contributed by atoms with Gasteiger partial charge in [-0.05, 0) is 41.9 Å². The fourth-order valence-corrected chi connectivity index (χ4v) is 3.41. The molecule has 0 amide bonds. The van der Waals surface area contributed by atoms with Crippen LogP contribution in [0, 0.1) is 0 Å². The lowest BCUT2D eigenvalue weighted by molar-refractivity contribution is 0.103. The Bertz CT molecular complexity index is 606. The molecule has 2 atom stereocenters. The van der Waals surface area contributed by atoms with E-state index in [0.29, 0.717) is 16.1 Å². The number of rotatable bonds is 5. The fourth-order valence-electron chi connectivity index (χ4n) is 2.28. The minimum atomic E-state index is -0.910. The van der Waals surface area contributed by atoms with Crippen LogP contribution in [0.5, 0.6) is 0 Å². The molecule has 4 heteroatoms. The van der Waals surface area contributed by atoms with Gasteiger partial charge in [0.25, 0.3) is 0 Å².